The zero-order valence-electron chi connectivity index (χ0n) is 17.0. The molecule has 0 radical (unpaired) electrons. The fraction of sp³-hybridized carbons (Fsp3) is 0.217. The number of ether oxygens (including phenoxy) is 2. The summed E-state index contributed by atoms with van der Waals surface area (Å²) in [7, 11) is 3.29. The molecule has 0 saturated carbocycles. The van der Waals surface area contributed by atoms with Gasteiger partial charge >= 0.3 is 0 Å². The van der Waals surface area contributed by atoms with Crippen molar-refractivity contribution < 1.29 is 23.5 Å². The Morgan fingerprint density at radius 2 is 1.90 bits per heavy atom. The number of halogens is 1. The molecule has 7 heteroatoms. The predicted octanol–water partition coefficient (Wildman–Crippen LogP) is 4.85. The number of ketones is 1. The number of benzene rings is 2. The van der Waals surface area contributed by atoms with Crippen molar-refractivity contribution >= 4 is 40.3 Å². The topological polar surface area (TPSA) is 69.0 Å². The number of amides is 1. The minimum atomic E-state index is -0.266. The van der Waals surface area contributed by atoms with E-state index in [1.807, 2.05) is 31.2 Å². The lowest BCUT2D eigenvalue weighted by molar-refractivity contribution is -0.130. The van der Waals surface area contributed by atoms with Crippen LogP contribution in [0.15, 0.2) is 53.0 Å². The van der Waals surface area contributed by atoms with E-state index < -0.39 is 0 Å². The first-order valence-electron chi connectivity index (χ1n) is 9.39. The van der Waals surface area contributed by atoms with Crippen LogP contribution in [-0.2, 0) is 4.79 Å². The number of carbonyl (C=O) groups is 2. The molecule has 3 aromatic rings. The molecule has 1 amide bonds. The van der Waals surface area contributed by atoms with Crippen molar-refractivity contribution in [2.75, 3.05) is 27.3 Å². The number of rotatable bonds is 8. The van der Waals surface area contributed by atoms with Gasteiger partial charge in [-0.15, -0.1) is 0 Å². The number of nitrogens with zero attached hydrogens (tertiary/aromatic N) is 1. The number of fused-ring (bicyclic) bond motifs is 1. The maximum absolute atomic E-state index is 12.5. The number of hydrogen-bond donors (Lipinski definition) is 0. The van der Waals surface area contributed by atoms with Crippen LogP contribution in [0.1, 0.15) is 23.0 Å². The Labute approximate surface area is 179 Å². The number of likely N-dealkylation sites (N-methyl/N-ethyl adjacent to an activating group) is 1. The molecular weight excluding hydrogens is 406 g/mol. The smallest absolute Gasteiger partial charge is 0.259 e. The molecular formula is C23H22ClNO5. The van der Waals surface area contributed by atoms with Crippen molar-refractivity contribution in [3.05, 3.63) is 64.9 Å². The summed E-state index contributed by atoms with van der Waals surface area (Å²) in [6, 6.07) is 12.5. The van der Waals surface area contributed by atoms with E-state index in [9.17, 15) is 9.59 Å². The molecule has 0 N–H and O–H groups in total. The summed E-state index contributed by atoms with van der Waals surface area (Å²) in [5.41, 5.74) is 1.31. The van der Waals surface area contributed by atoms with E-state index >= 15 is 0 Å². The SMILES string of the molecule is CCOc1cc(C=CC(=O)c2cc3ccccc3o2)cc(Cl)c1OCC(=O)N(C)C. The highest BCUT2D eigenvalue weighted by Crippen LogP contribution is 2.37. The van der Waals surface area contributed by atoms with E-state index in [-0.39, 0.29) is 34.8 Å². The highest BCUT2D eigenvalue weighted by Gasteiger charge is 2.15. The van der Waals surface area contributed by atoms with Gasteiger partial charge in [-0.25, -0.2) is 0 Å². The average Bonchev–Trinajstić information content (AvgIpc) is 3.15. The summed E-state index contributed by atoms with van der Waals surface area (Å²) in [6.45, 7) is 2.06. The minimum absolute atomic E-state index is 0.160. The monoisotopic (exact) mass is 427 g/mol. The molecule has 0 aliphatic heterocycles. The molecule has 6 nitrogen and oxygen atoms in total. The molecule has 0 atom stereocenters. The summed E-state index contributed by atoms with van der Waals surface area (Å²) in [4.78, 5) is 25.7. The molecule has 0 unspecified atom stereocenters. The minimum Gasteiger partial charge on any atom is -0.490 e. The Kier molecular flexibility index (Phi) is 6.79. The molecule has 156 valence electrons. The van der Waals surface area contributed by atoms with Gasteiger partial charge in [-0.2, -0.15) is 0 Å². The summed E-state index contributed by atoms with van der Waals surface area (Å²) in [6.07, 6.45) is 3.04. The van der Waals surface area contributed by atoms with Crippen LogP contribution in [0.25, 0.3) is 17.0 Å². The largest absolute Gasteiger partial charge is 0.490 e. The molecule has 3 rings (SSSR count). The third-order valence-corrected chi connectivity index (χ3v) is 4.55. The second kappa shape index (κ2) is 9.50. The molecule has 0 aliphatic rings. The summed E-state index contributed by atoms with van der Waals surface area (Å²) >= 11 is 6.35. The van der Waals surface area contributed by atoms with E-state index in [2.05, 4.69) is 0 Å². The molecule has 0 spiro atoms. The molecule has 0 fully saturated rings. The quantitative estimate of drug-likeness (QED) is 0.379. The van der Waals surface area contributed by atoms with Gasteiger partial charge in [-0.1, -0.05) is 35.9 Å². The standard InChI is InChI=1S/C23H22ClNO5/c1-4-28-21-12-15(11-17(24)23(21)29-14-22(27)25(2)3)9-10-18(26)20-13-16-7-5-6-8-19(16)30-20/h5-13H,4,14H2,1-3H3. The number of allylic oxidation sites excluding steroid dienone is 1. The van der Waals surface area contributed by atoms with Gasteiger partial charge in [0.2, 0.25) is 5.78 Å². The van der Waals surface area contributed by atoms with E-state index in [0.29, 0.717) is 23.5 Å². The van der Waals surface area contributed by atoms with Crippen molar-refractivity contribution in [3.8, 4) is 11.5 Å². The maximum atomic E-state index is 12.5. The van der Waals surface area contributed by atoms with E-state index in [1.54, 1.807) is 38.4 Å². The highest BCUT2D eigenvalue weighted by molar-refractivity contribution is 6.32. The predicted molar refractivity (Wildman–Crippen MR) is 116 cm³/mol. The van der Waals surface area contributed by atoms with Crippen molar-refractivity contribution in [2.45, 2.75) is 6.92 Å². The van der Waals surface area contributed by atoms with Crippen LogP contribution in [0, 0.1) is 0 Å². The number of carbonyl (C=O) groups excluding carboxylic acids is 2. The zero-order chi connectivity index (χ0) is 21.7. The van der Waals surface area contributed by atoms with Crippen molar-refractivity contribution in [1.82, 2.24) is 4.90 Å². The van der Waals surface area contributed by atoms with E-state index in [4.69, 9.17) is 25.5 Å². The first kappa shape index (κ1) is 21.5. The lowest BCUT2D eigenvalue weighted by Crippen LogP contribution is -2.27. The van der Waals surface area contributed by atoms with Crippen LogP contribution in [0.2, 0.25) is 5.02 Å². The summed E-state index contributed by atoms with van der Waals surface area (Å²) in [5.74, 6) is 0.471. The molecule has 0 aliphatic carbocycles. The van der Waals surface area contributed by atoms with Gasteiger partial charge in [0.15, 0.2) is 23.9 Å². The second-order valence-corrected chi connectivity index (χ2v) is 7.09. The number of furan rings is 1. The third kappa shape index (κ3) is 5.02. The fourth-order valence-electron chi connectivity index (χ4n) is 2.71. The van der Waals surface area contributed by atoms with Gasteiger partial charge in [0.1, 0.15) is 5.58 Å². The molecule has 1 heterocycles. The van der Waals surface area contributed by atoms with Gasteiger partial charge in [-0.3, -0.25) is 9.59 Å². The first-order valence-corrected chi connectivity index (χ1v) is 9.77. The van der Waals surface area contributed by atoms with Gasteiger partial charge in [0.05, 0.1) is 11.6 Å². The summed E-state index contributed by atoms with van der Waals surface area (Å²) < 4.78 is 16.8. The number of hydrogen-bond acceptors (Lipinski definition) is 5. The average molecular weight is 428 g/mol. The molecule has 1 aromatic heterocycles. The zero-order valence-corrected chi connectivity index (χ0v) is 17.7. The Bertz CT molecular complexity index is 1070. The molecule has 0 saturated heterocycles. The Balaban J connectivity index is 1.81. The number of para-hydroxylation sites is 1. The van der Waals surface area contributed by atoms with Gasteiger partial charge in [0.25, 0.3) is 5.91 Å². The van der Waals surface area contributed by atoms with Crippen LogP contribution in [0.4, 0.5) is 0 Å². The second-order valence-electron chi connectivity index (χ2n) is 6.69. The van der Waals surface area contributed by atoms with Crippen LogP contribution in [-0.4, -0.2) is 43.9 Å². The summed E-state index contributed by atoms with van der Waals surface area (Å²) in [5, 5.41) is 1.15. The molecule has 30 heavy (non-hydrogen) atoms. The fourth-order valence-corrected chi connectivity index (χ4v) is 2.98. The lowest BCUT2D eigenvalue weighted by atomic mass is 10.1. The van der Waals surface area contributed by atoms with Crippen LogP contribution in [0.5, 0.6) is 11.5 Å². The highest BCUT2D eigenvalue weighted by atomic mass is 35.5. The van der Waals surface area contributed by atoms with Crippen molar-refractivity contribution in [3.63, 3.8) is 0 Å². The van der Waals surface area contributed by atoms with Crippen molar-refractivity contribution in [2.24, 2.45) is 0 Å². The lowest BCUT2D eigenvalue weighted by Gasteiger charge is -2.16. The van der Waals surface area contributed by atoms with Gasteiger partial charge in [0, 0.05) is 19.5 Å². The van der Waals surface area contributed by atoms with Crippen molar-refractivity contribution in [1.29, 1.82) is 0 Å². The third-order valence-electron chi connectivity index (χ3n) is 4.27. The molecule has 2 aromatic carbocycles. The van der Waals surface area contributed by atoms with Gasteiger partial charge < -0.3 is 18.8 Å². The van der Waals surface area contributed by atoms with Crippen LogP contribution >= 0.6 is 11.6 Å². The Morgan fingerprint density at radius 1 is 1.13 bits per heavy atom. The van der Waals surface area contributed by atoms with Gasteiger partial charge in [-0.05, 0) is 42.8 Å². The van der Waals surface area contributed by atoms with Crippen LogP contribution in [0.3, 0.4) is 0 Å². The maximum Gasteiger partial charge on any atom is 0.259 e. The Hall–Kier alpha value is -3.25. The van der Waals surface area contributed by atoms with E-state index in [0.717, 1.165) is 5.39 Å². The van der Waals surface area contributed by atoms with Crippen LogP contribution < -0.4 is 9.47 Å². The van der Waals surface area contributed by atoms with E-state index in [1.165, 1.54) is 11.0 Å². The normalized spacial score (nSPS) is 11.1. The first-order chi connectivity index (χ1) is 14.4. The Morgan fingerprint density at radius 3 is 2.60 bits per heavy atom. The molecule has 0 bridgehead atoms.